The molecule has 2 N–H and O–H groups in total. The normalized spacial score (nSPS) is 11.3. The Labute approximate surface area is 180 Å². The second kappa shape index (κ2) is 8.44. The molecule has 4 aromatic rings. The van der Waals surface area contributed by atoms with Gasteiger partial charge in [0.15, 0.2) is 16.7 Å². The van der Waals surface area contributed by atoms with Crippen molar-refractivity contribution >= 4 is 45.1 Å². The molecule has 0 saturated heterocycles. The Kier molecular flexibility index (Phi) is 5.73. The van der Waals surface area contributed by atoms with Crippen LogP contribution in [-0.2, 0) is 17.0 Å². The molecule has 11 heteroatoms. The Morgan fingerprint density at radius 3 is 2.87 bits per heavy atom. The lowest BCUT2D eigenvalue weighted by molar-refractivity contribution is 0.0531. The number of thioether (sulfide) groups is 1. The van der Waals surface area contributed by atoms with E-state index in [4.69, 9.17) is 14.9 Å². The highest BCUT2D eigenvalue weighted by molar-refractivity contribution is 7.98. The summed E-state index contributed by atoms with van der Waals surface area (Å²) in [6, 6.07) is 3.67. The van der Waals surface area contributed by atoms with Crippen LogP contribution >= 0.6 is 23.1 Å². The number of carbonyl (C=O) groups excluding carboxylic acids is 1. The number of esters is 1. The van der Waals surface area contributed by atoms with Crippen molar-refractivity contribution < 1.29 is 13.9 Å². The van der Waals surface area contributed by atoms with Crippen molar-refractivity contribution in [3.8, 4) is 11.6 Å². The van der Waals surface area contributed by atoms with Crippen LogP contribution in [0.15, 0.2) is 28.0 Å². The van der Waals surface area contributed by atoms with Crippen molar-refractivity contribution in [1.29, 1.82) is 0 Å². The monoisotopic (exact) mass is 444 g/mol. The van der Waals surface area contributed by atoms with Crippen LogP contribution in [0, 0.1) is 6.92 Å². The number of carbonyl (C=O) groups is 1. The Bertz CT molecular complexity index is 1200. The lowest BCUT2D eigenvalue weighted by atomic mass is 10.2. The van der Waals surface area contributed by atoms with Crippen LogP contribution in [0.1, 0.15) is 34.9 Å². The Balaban J connectivity index is 1.60. The minimum absolute atomic E-state index is 0.313. The molecule has 0 spiro atoms. The van der Waals surface area contributed by atoms with E-state index in [2.05, 4.69) is 20.2 Å². The average molecular weight is 445 g/mol. The molecular weight excluding hydrogens is 424 g/mol. The fourth-order valence-corrected chi connectivity index (χ4v) is 5.03. The summed E-state index contributed by atoms with van der Waals surface area (Å²) in [5, 5.41) is 9.96. The minimum atomic E-state index is -0.366. The van der Waals surface area contributed by atoms with Gasteiger partial charge in [-0.25, -0.2) is 14.8 Å². The van der Waals surface area contributed by atoms with Gasteiger partial charge in [-0.2, -0.15) is 0 Å². The molecule has 0 saturated carbocycles. The molecule has 0 aliphatic carbocycles. The number of aryl methyl sites for hydroxylation is 1. The summed E-state index contributed by atoms with van der Waals surface area (Å²) in [7, 11) is 0. The molecule has 0 radical (unpaired) electrons. The van der Waals surface area contributed by atoms with Crippen molar-refractivity contribution in [3.05, 3.63) is 34.7 Å². The molecule has 9 nitrogen and oxygen atoms in total. The van der Waals surface area contributed by atoms with Gasteiger partial charge in [-0.3, -0.25) is 4.57 Å². The van der Waals surface area contributed by atoms with E-state index in [-0.39, 0.29) is 5.97 Å². The van der Waals surface area contributed by atoms with E-state index in [0.717, 1.165) is 10.7 Å². The lowest BCUT2D eigenvalue weighted by Gasteiger charge is -2.06. The predicted molar refractivity (Wildman–Crippen MR) is 115 cm³/mol. The van der Waals surface area contributed by atoms with Gasteiger partial charge < -0.3 is 14.9 Å². The number of hydrogen-bond acceptors (Lipinski definition) is 10. The topological polar surface area (TPSA) is 122 Å². The first-order valence-corrected chi connectivity index (χ1v) is 11.2. The second-order valence-corrected chi connectivity index (χ2v) is 8.24. The number of nitrogen functional groups attached to an aromatic ring is 1. The van der Waals surface area contributed by atoms with Crippen molar-refractivity contribution in [3.63, 3.8) is 0 Å². The maximum atomic E-state index is 12.2. The second-order valence-electron chi connectivity index (χ2n) is 6.30. The zero-order valence-corrected chi connectivity index (χ0v) is 18.3. The van der Waals surface area contributed by atoms with Crippen LogP contribution in [-0.4, -0.2) is 37.3 Å². The number of aromatic nitrogens is 5. The van der Waals surface area contributed by atoms with Crippen molar-refractivity contribution in [1.82, 2.24) is 24.7 Å². The predicted octanol–water partition coefficient (Wildman–Crippen LogP) is 3.92. The van der Waals surface area contributed by atoms with Gasteiger partial charge in [0.05, 0.1) is 24.0 Å². The van der Waals surface area contributed by atoms with E-state index in [0.29, 0.717) is 57.2 Å². The first-order valence-electron chi connectivity index (χ1n) is 9.35. The number of anilines is 1. The number of furan rings is 1. The highest BCUT2D eigenvalue weighted by Gasteiger charge is 2.21. The van der Waals surface area contributed by atoms with Gasteiger partial charge >= 0.3 is 5.97 Å². The fourth-order valence-electron chi connectivity index (χ4n) is 3.07. The number of ether oxygens (including phenoxy) is 1. The molecule has 30 heavy (non-hydrogen) atoms. The van der Waals surface area contributed by atoms with E-state index >= 15 is 0 Å². The van der Waals surface area contributed by atoms with Crippen LogP contribution in [0.4, 0.5) is 5.82 Å². The molecular formula is C19H20N6O3S2. The largest absolute Gasteiger partial charge is 0.462 e. The number of thiophene rings is 1. The average Bonchev–Trinajstić information content (AvgIpc) is 3.45. The first kappa shape index (κ1) is 20.4. The molecule has 156 valence electrons. The summed E-state index contributed by atoms with van der Waals surface area (Å²) in [5.74, 6) is 2.35. The fraction of sp³-hybridized carbons (Fsp3) is 0.316. The smallest absolute Gasteiger partial charge is 0.348 e. The third kappa shape index (κ3) is 3.65. The number of hydrogen-bond donors (Lipinski definition) is 1. The van der Waals surface area contributed by atoms with E-state index in [1.807, 2.05) is 30.5 Å². The molecule has 0 aliphatic rings. The minimum Gasteiger partial charge on any atom is -0.462 e. The van der Waals surface area contributed by atoms with Crippen LogP contribution in [0.3, 0.4) is 0 Å². The van der Waals surface area contributed by atoms with Gasteiger partial charge in [0.25, 0.3) is 0 Å². The van der Waals surface area contributed by atoms with Gasteiger partial charge in [0.1, 0.15) is 21.3 Å². The lowest BCUT2D eigenvalue weighted by Crippen LogP contribution is -2.04. The molecule has 0 bridgehead atoms. The standard InChI is InChI=1S/C19H20N6O3S2/c1-4-25-16(11-7-6-8-28-11)23-24-19(25)29-9-12-21-15(20)13-10(3)14(18(26)27-5-2)30-17(13)22-12/h6-8H,4-5,9H2,1-3H3,(H2,20,21,22). The van der Waals surface area contributed by atoms with Gasteiger partial charge in [0, 0.05) is 6.54 Å². The summed E-state index contributed by atoms with van der Waals surface area (Å²) in [4.78, 5) is 22.4. The molecule has 4 aromatic heterocycles. The highest BCUT2D eigenvalue weighted by Crippen LogP contribution is 2.34. The number of rotatable bonds is 7. The number of nitrogens with two attached hydrogens (primary N) is 1. The van der Waals surface area contributed by atoms with E-state index < -0.39 is 0 Å². The Morgan fingerprint density at radius 2 is 2.17 bits per heavy atom. The summed E-state index contributed by atoms with van der Waals surface area (Å²) in [5.41, 5.74) is 6.94. The molecule has 4 heterocycles. The van der Waals surface area contributed by atoms with Crippen LogP contribution in [0.2, 0.25) is 0 Å². The van der Waals surface area contributed by atoms with Crippen molar-refractivity contribution in [2.24, 2.45) is 0 Å². The van der Waals surface area contributed by atoms with E-state index in [1.54, 1.807) is 13.2 Å². The highest BCUT2D eigenvalue weighted by atomic mass is 32.2. The number of fused-ring (bicyclic) bond motifs is 1. The van der Waals surface area contributed by atoms with Crippen LogP contribution in [0.5, 0.6) is 0 Å². The quantitative estimate of drug-likeness (QED) is 0.334. The first-order chi connectivity index (χ1) is 14.5. The summed E-state index contributed by atoms with van der Waals surface area (Å²) >= 11 is 2.74. The zero-order chi connectivity index (χ0) is 21.3. The Hall–Kier alpha value is -2.92. The van der Waals surface area contributed by atoms with Gasteiger partial charge in [-0.1, -0.05) is 11.8 Å². The molecule has 0 fully saturated rings. The van der Waals surface area contributed by atoms with E-state index in [9.17, 15) is 4.79 Å². The summed E-state index contributed by atoms with van der Waals surface area (Å²) in [6.45, 7) is 6.63. The molecule has 4 rings (SSSR count). The third-order valence-electron chi connectivity index (χ3n) is 4.43. The molecule has 0 amide bonds. The van der Waals surface area contributed by atoms with Crippen LogP contribution < -0.4 is 5.73 Å². The maximum Gasteiger partial charge on any atom is 0.348 e. The summed E-state index contributed by atoms with van der Waals surface area (Å²) < 4.78 is 12.5. The SMILES string of the molecule is CCOC(=O)c1sc2nc(CSc3nnc(-c4ccco4)n3CC)nc(N)c2c1C. The Morgan fingerprint density at radius 1 is 1.33 bits per heavy atom. The molecule has 0 unspecified atom stereocenters. The van der Waals surface area contributed by atoms with Gasteiger partial charge in [-0.05, 0) is 38.5 Å². The summed E-state index contributed by atoms with van der Waals surface area (Å²) in [6.07, 6.45) is 1.61. The van der Waals surface area contributed by atoms with Crippen molar-refractivity contribution in [2.45, 2.75) is 38.2 Å². The van der Waals surface area contributed by atoms with Crippen molar-refractivity contribution in [2.75, 3.05) is 12.3 Å². The zero-order valence-electron chi connectivity index (χ0n) is 16.7. The van der Waals surface area contributed by atoms with Gasteiger partial charge in [0.2, 0.25) is 0 Å². The molecule has 0 atom stereocenters. The molecule has 0 aliphatic heterocycles. The molecule has 0 aromatic carbocycles. The third-order valence-corrected chi connectivity index (χ3v) is 6.56. The van der Waals surface area contributed by atoms with E-state index in [1.165, 1.54) is 23.1 Å². The maximum absolute atomic E-state index is 12.2. The number of nitrogens with zero attached hydrogens (tertiary/aromatic N) is 5. The van der Waals surface area contributed by atoms with Crippen LogP contribution in [0.25, 0.3) is 21.8 Å². The van der Waals surface area contributed by atoms with Gasteiger partial charge in [-0.15, -0.1) is 21.5 Å².